The van der Waals surface area contributed by atoms with E-state index in [4.69, 9.17) is 10.5 Å². The SMILES string of the molecule is Cc1ccc(OCc2cc(C)nn2C)c(N)c1. The molecule has 17 heavy (non-hydrogen) atoms. The van der Waals surface area contributed by atoms with Gasteiger partial charge in [0.25, 0.3) is 0 Å². The van der Waals surface area contributed by atoms with Crippen molar-refractivity contribution in [2.75, 3.05) is 5.73 Å². The van der Waals surface area contributed by atoms with Crippen molar-refractivity contribution >= 4 is 5.69 Å². The van der Waals surface area contributed by atoms with Crippen LogP contribution in [0.2, 0.25) is 0 Å². The van der Waals surface area contributed by atoms with Crippen molar-refractivity contribution in [3.05, 3.63) is 41.2 Å². The number of hydrogen-bond acceptors (Lipinski definition) is 3. The Morgan fingerprint density at radius 3 is 2.65 bits per heavy atom. The first-order valence-electron chi connectivity index (χ1n) is 5.54. The number of aryl methyl sites for hydroxylation is 3. The number of nitrogen functional groups attached to an aromatic ring is 1. The molecule has 0 unspecified atom stereocenters. The first-order valence-corrected chi connectivity index (χ1v) is 5.54. The zero-order valence-corrected chi connectivity index (χ0v) is 10.4. The van der Waals surface area contributed by atoms with Crippen LogP contribution in [0.5, 0.6) is 5.75 Å². The topological polar surface area (TPSA) is 53.1 Å². The van der Waals surface area contributed by atoms with Gasteiger partial charge in [0.15, 0.2) is 0 Å². The summed E-state index contributed by atoms with van der Waals surface area (Å²) in [5, 5.41) is 4.27. The lowest BCUT2D eigenvalue weighted by Crippen LogP contribution is -2.04. The first kappa shape index (κ1) is 11.5. The van der Waals surface area contributed by atoms with E-state index in [9.17, 15) is 0 Å². The molecule has 0 aliphatic heterocycles. The van der Waals surface area contributed by atoms with Crippen LogP contribution in [0.15, 0.2) is 24.3 Å². The molecule has 2 aromatic rings. The molecule has 0 saturated carbocycles. The van der Waals surface area contributed by atoms with E-state index in [-0.39, 0.29) is 0 Å². The number of benzene rings is 1. The maximum atomic E-state index is 5.88. The van der Waals surface area contributed by atoms with E-state index in [1.807, 2.05) is 49.8 Å². The number of aromatic nitrogens is 2. The third-order valence-corrected chi connectivity index (χ3v) is 2.64. The van der Waals surface area contributed by atoms with E-state index >= 15 is 0 Å². The maximum absolute atomic E-state index is 5.88. The molecule has 2 N–H and O–H groups in total. The standard InChI is InChI=1S/C13H17N3O/c1-9-4-5-13(12(14)6-9)17-8-11-7-10(2)15-16(11)3/h4-7H,8,14H2,1-3H3. The summed E-state index contributed by atoms with van der Waals surface area (Å²) in [4.78, 5) is 0. The summed E-state index contributed by atoms with van der Waals surface area (Å²) >= 11 is 0. The smallest absolute Gasteiger partial charge is 0.142 e. The van der Waals surface area contributed by atoms with Crippen molar-refractivity contribution in [1.29, 1.82) is 0 Å². The van der Waals surface area contributed by atoms with Gasteiger partial charge in [0.2, 0.25) is 0 Å². The van der Waals surface area contributed by atoms with Crippen molar-refractivity contribution in [2.24, 2.45) is 7.05 Å². The van der Waals surface area contributed by atoms with E-state index in [2.05, 4.69) is 5.10 Å². The molecule has 1 aromatic carbocycles. The third kappa shape index (κ3) is 2.58. The van der Waals surface area contributed by atoms with Gasteiger partial charge in [-0.25, -0.2) is 0 Å². The fourth-order valence-electron chi connectivity index (χ4n) is 1.75. The molecule has 2 rings (SSSR count). The predicted octanol–water partition coefficient (Wildman–Crippen LogP) is 2.20. The van der Waals surface area contributed by atoms with Gasteiger partial charge in [0, 0.05) is 7.05 Å². The summed E-state index contributed by atoms with van der Waals surface area (Å²) in [6.07, 6.45) is 0. The molecule has 0 bridgehead atoms. The Labute approximate surface area is 101 Å². The van der Waals surface area contributed by atoms with Crippen LogP contribution in [0, 0.1) is 13.8 Å². The van der Waals surface area contributed by atoms with Crippen molar-refractivity contribution < 1.29 is 4.74 Å². The highest BCUT2D eigenvalue weighted by Gasteiger charge is 2.05. The molecular weight excluding hydrogens is 214 g/mol. The summed E-state index contributed by atoms with van der Waals surface area (Å²) < 4.78 is 7.51. The number of anilines is 1. The minimum Gasteiger partial charge on any atom is -0.485 e. The Kier molecular flexibility index (Phi) is 3.04. The summed E-state index contributed by atoms with van der Waals surface area (Å²) in [6.45, 7) is 4.44. The van der Waals surface area contributed by atoms with Crippen LogP contribution in [0.3, 0.4) is 0 Å². The second-order valence-electron chi connectivity index (χ2n) is 4.23. The molecule has 90 valence electrons. The monoisotopic (exact) mass is 231 g/mol. The Hall–Kier alpha value is -1.97. The molecule has 0 atom stereocenters. The number of nitrogens with two attached hydrogens (primary N) is 1. The fraction of sp³-hybridized carbons (Fsp3) is 0.308. The van der Waals surface area contributed by atoms with Crippen LogP contribution in [0.1, 0.15) is 17.0 Å². The van der Waals surface area contributed by atoms with Crippen LogP contribution in [0.4, 0.5) is 5.69 Å². The average molecular weight is 231 g/mol. The fourth-order valence-corrected chi connectivity index (χ4v) is 1.75. The van der Waals surface area contributed by atoms with Crippen molar-refractivity contribution in [1.82, 2.24) is 9.78 Å². The van der Waals surface area contributed by atoms with Gasteiger partial charge < -0.3 is 10.5 Å². The largest absolute Gasteiger partial charge is 0.485 e. The minimum atomic E-state index is 0.477. The molecule has 1 aromatic heterocycles. The Morgan fingerprint density at radius 1 is 1.29 bits per heavy atom. The van der Waals surface area contributed by atoms with E-state index in [1.165, 1.54) is 0 Å². The van der Waals surface area contributed by atoms with Crippen LogP contribution in [-0.4, -0.2) is 9.78 Å². The van der Waals surface area contributed by atoms with Gasteiger partial charge in [-0.15, -0.1) is 0 Å². The Balaban J connectivity index is 2.10. The van der Waals surface area contributed by atoms with Gasteiger partial charge in [0.05, 0.1) is 17.1 Å². The van der Waals surface area contributed by atoms with Crippen LogP contribution < -0.4 is 10.5 Å². The lowest BCUT2D eigenvalue weighted by atomic mass is 10.2. The second-order valence-corrected chi connectivity index (χ2v) is 4.23. The Bertz CT molecular complexity index is 531. The molecule has 0 spiro atoms. The zero-order valence-electron chi connectivity index (χ0n) is 10.4. The number of ether oxygens (including phenoxy) is 1. The van der Waals surface area contributed by atoms with E-state index in [1.54, 1.807) is 0 Å². The molecule has 0 saturated heterocycles. The second kappa shape index (κ2) is 4.49. The molecular formula is C13H17N3O. The lowest BCUT2D eigenvalue weighted by Gasteiger charge is -2.09. The summed E-state index contributed by atoms with van der Waals surface area (Å²) in [6, 6.07) is 7.79. The van der Waals surface area contributed by atoms with E-state index in [0.717, 1.165) is 22.7 Å². The molecule has 4 nitrogen and oxygen atoms in total. The lowest BCUT2D eigenvalue weighted by molar-refractivity contribution is 0.296. The maximum Gasteiger partial charge on any atom is 0.142 e. The van der Waals surface area contributed by atoms with Gasteiger partial charge in [-0.1, -0.05) is 6.07 Å². The summed E-state index contributed by atoms with van der Waals surface area (Å²) in [7, 11) is 1.91. The molecule has 0 aliphatic carbocycles. The number of nitrogens with zero attached hydrogens (tertiary/aromatic N) is 2. The third-order valence-electron chi connectivity index (χ3n) is 2.64. The van der Waals surface area contributed by atoms with E-state index in [0.29, 0.717) is 12.3 Å². The molecule has 1 heterocycles. The quantitative estimate of drug-likeness (QED) is 0.824. The molecule has 0 amide bonds. The zero-order chi connectivity index (χ0) is 12.4. The Morgan fingerprint density at radius 2 is 2.06 bits per heavy atom. The summed E-state index contributed by atoms with van der Waals surface area (Å²) in [5.41, 5.74) is 9.70. The first-order chi connectivity index (χ1) is 8.06. The van der Waals surface area contributed by atoms with Gasteiger partial charge in [0.1, 0.15) is 12.4 Å². The van der Waals surface area contributed by atoms with Gasteiger partial charge >= 0.3 is 0 Å². The predicted molar refractivity (Wildman–Crippen MR) is 67.9 cm³/mol. The van der Waals surface area contributed by atoms with Crippen molar-refractivity contribution in [3.63, 3.8) is 0 Å². The molecule has 0 fully saturated rings. The molecule has 4 heteroatoms. The van der Waals surface area contributed by atoms with Crippen LogP contribution in [0.25, 0.3) is 0 Å². The normalized spacial score (nSPS) is 10.5. The highest BCUT2D eigenvalue weighted by Crippen LogP contribution is 2.23. The van der Waals surface area contributed by atoms with Gasteiger partial charge in [-0.2, -0.15) is 5.10 Å². The highest BCUT2D eigenvalue weighted by atomic mass is 16.5. The summed E-state index contributed by atoms with van der Waals surface area (Å²) in [5.74, 6) is 0.717. The molecule has 0 aliphatic rings. The number of hydrogen-bond donors (Lipinski definition) is 1. The van der Waals surface area contributed by atoms with Gasteiger partial charge in [-0.3, -0.25) is 4.68 Å². The molecule has 0 radical (unpaired) electrons. The van der Waals surface area contributed by atoms with Crippen molar-refractivity contribution in [3.8, 4) is 5.75 Å². The minimum absolute atomic E-state index is 0.477. The van der Waals surface area contributed by atoms with Crippen molar-refractivity contribution in [2.45, 2.75) is 20.5 Å². The average Bonchev–Trinajstić information content (AvgIpc) is 2.56. The van der Waals surface area contributed by atoms with Crippen LogP contribution >= 0.6 is 0 Å². The number of rotatable bonds is 3. The van der Waals surface area contributed by atoms with Crippen LogP contribution in [-0.2, 0) is 13.7 Å². The highest BCUT2D eigenvalue weighted by molar-refractivity contribution is 5.54. The van der Waals surface area contributed by atoms with E-state index < -0.39 is 0 Å². The van der Waals surface area contributed by atoms with Gasteiger partial charge in [-0.05, 0) is 37.6 Å².